The van der Waals surface area contributed by atoms with E-state index in [1.54, 1.807) is 45.0 Å². The number of rotatable bonds is 12. The molecule has 2 aromatic rings. The minimum Gasteiger partial charge on any atom is -0.508 e. The first kappa shape index (κ1) is 31.2. The molecule has 0 bridgehead atoms. The summed E-state index contributed by atoms with van der Waals surface area (Å²) in [5.41, 5.74) is 0.291. The van der Waals surface area contributed by atoms with Gasteiger partial charge >= 0.3 is 6.09 Å². The van der Waals surface area contributed by atoms with E-state index in [9.17, 15) is 24.6 Å². The summed E-state index contributed by atoms with van der Waals surface area (Å²) >= 11 is 0. The molecular weight excluding hydrogens is 498 g/mol. The van der Waals surface area contributed by atoms with E-state index in [1.165, 1.54) is 35.2 Å². The van der Waals surface area contributed by atoms with Crippen LogP contribution in [0.2, 0.25) is 0 Å². The predicted octanol–water partition coefficient (Wildman–Crippen LogP) is 4.59. The number of ether oxygens (including phenoxy) is 1. The van der Waals surface area contributed by atoms with E-state index in [1.807, 2.05) is 13.8 Å². The Hall–Kier alpha value is -4.01. The number of phenols is 2. The average molecular weight is 540 g/mol. The number of carbonyl (C=O) groups excluding carboxylic acids is 3. The molecule has 0 heterocycles. The molecule has 3 atom stereocenters. The van der Waals surface area contributed by atoms with E-state index in [-0.39, 0.29) is 30.5 Å². The van der Waals surface area contributed by atoms with E-state index in [0.29, 0.717) is 11.1 Å². The molecule has 0 aliphatic rings. The number of hydrogen-bond acceptors (Lipinski definition) is 6. The number of carbonyl (C=O) groups is 3. The Labute approximate surface area is 230 Å². The van der Waals surface area contributed by atoms with Crippen LogP contribution in [-0.2, 0) is 20.7 Å². The van der Waals surface area contributed by atoms with Gasteiger partial charge in [0.05, 0.1) is 0 Å². The van der Waals surface area contributed by atoms with Crippen molar-refractivity contribution in [3.05, 3.63) is 72.3 Å². The van der Waals surface area contributed by atoms with Crippen molar-refractivity contribution in [3.63, 3.8) is 0 Å². The van der Waals surface area contributed by atoms with E-state index in [4.69, 9.17) is 4.74 Å². The maximum absolute atomic E-state index is 14.1. The highest BCUT2D eigenvalue weighted by molar-refractivity contribution is 5.92. The minimum absolute atomic E-state index is 0.00316. The van der Waals surface area contributed by atoms with Crippen LogP contribution in [0.1, 0.15) is 64.6 Å². The summed E-state index contributed by atoms with van der Waals surface area (Å²) in [7, 11) is 0. The molecule has 3 unspecified atom stereocenters. The third-order valence-electron chi connectivity index (χ3n) is 5.83. The summed E-state index contributed by atoms with van der Waals surface area (Å²) in [5.74, 6) is -0.944. The predicted molar refractivity (Wildman–Crippen MR) is 150 cm³/mol. The van der Waals surface area contributed by atoms with E-state index in [0.717, 1.165) is 12.8 Å². The third-order valence-corrected chi connectivity index (χ3v) is 5.83. The van der Waals surface area contributed by atoms with Crippen LogP contribution in [0.5, 0.6) is 11.5 Å². The van der Waals surface area contributed by atoms with E-state index in [2.05, 4.69) is 17.2 Å². The lowest BCUT2D eigenvalue weighted by molar-refractivity contribution is -0.142. The number of amides is 3. The molecule has 0 spiro atoms. The first-order valence-electron chi connectivity index (χ1n) is 13.1. The summed E-state index contributed by atoms with van der Waals surface area (Å²) < 4.78 is 5.41. The average Bonchev–Trinajstić information content (AvgIpc) is 2.83. The van der Waals surface area contributed by atoms with Crippen molar-refractivity contribution in [3.8, 4) is 11.5 Å². The van der Waals surface area contributed by atoms with Crippen LogP contribution in [0.4, 0.5) is 4.79 Å². The molecule has 0 fully saturated rings. The fourth-order valence-corrected chi connectivity index (χ4v) is 4.17. The molecule has 2 rings (SSSR count). The fraction of sp³-hybridized carbons (Fsp3) is 0.433. The van der Waals surface area contributed by atoms with Crippen molar-refractivity contribution in [2.24, 2.45) is 0 Å². The summed E-state index contributed by atoms with van der Waals surface area (Å²) in [6.07, 6.45) is 2.40. The Morgan fingerprint density at radius 1 is 1.05 bits per heavy atom. The molecule has 0 aliphatic carbocycles. The van der Waals surface area contributed by atoms with Gasteiger partial charge in [0.2, 0.25) is 11.8 Å². The van der Waals surface area contributed by atoms with Gasteiger partial charge in [0.1, 0.15) is 29.2 Å². The molecule has 9 nitrogen and oxygen atoms in total. The van der Waals surface area contributed by atoms with E-state index < -0.39 is 35.6 Å². The van der Waals surface area contributed by atoms with Gasteiger partial charge in [-0.1, -0.05) is 43.7 Å². The quantitative estimate of drug-likeness (QED) is 0.292. The second-order valence-electron chi connectivity index (χ2n) is 10.5. The fourth-order valence-electron chi connectivity index (χ4n) is 4.17. The second-order valence-corrected chi connectivity index (χ2v) is 10.5. The van der Waals surface area contributed by atoms with Crippen LogP contribution in [0.3, 0.4) is 0 Å². The van der Waals surface area contributed by atoms with Gasteiger partial charge in [0, 0.05) is 19.0 Å². The molecule has 212 valence electrons. The summed E-state index contributed by atoms with van der Waals surface area (Å²) in [6.45, 7) is 12.8. The highest BCUT2D eigenvalue weighted by atomic mass is 16.6. The maximum atomic E-state index is 14.1. The number of aromatic hydroxyl groups is 2. The normalized spacial score (nSPS) is 13.5. The number of hydrogen-bond donors (Lipinski definition) is 4. The highest BCUT2D eigenvalue weighted by Gasteiger charge is 2.36. The summed E-state index contributed by atoms with van der Waals surface area (Å²) in [6, 6.07) is 10.1. The van der Waals surface area contributed by atoms with Gasteiger partial charge in [0.25, 0.3) is 0 Å². The topological polar surface area (TPSA) is 128 Å². The van der Waals surface area contributed by atoms with Gasteiger partial charge in [0.15, 0.2) is 0 Å². The number of nitrogens with one attached hydrogen (secondary N) is 2. The molecule has 0 aliphatic heterocycles. The molecule has 2 aromatic carbocycles. The van der Waals surface area contributed by atoms with Gasteiger partial charge in [-0.2, -0.15) is 0 Å². The van der Waals surface area contributed by atoms with Crippen LogP contribution in [0.15, 0.2) is 61.2 Å². The zero-order valence-corrected chi connectivity index (χ0v) is 23.4. The van der Waals surface area contributed by atoms with Gasteiger partial charge in [-0.15, -0.1) is 6.58 Å². The smallest absolute Gasteiger partial charge is 0.408 e. The number of alkyl carbamates (subject to hydrolysis) is 1. The largest absolute Gasteiger partial charge is 0.508 e. The molecule has 0 radical (unpaired) electrons. The van der Waals surface area contributed by atoms with Crippen LogP contribution in [-0.4, -0.2) is 57.3 Å². The lowest BCUT2D eigenvalue weighted by atomic mass is 9.99. The molecule has 4 N–H and O–H groups in total. The van der Waals surface area contributed by atoms with Gasteiger partial charge in [-0.3, -0.25) is 9.59 Å². The number of nitrogens with zero attached hydrogens (tertiary/aromatic N) is 1. The van der Waals surface area contributed by atoms with Crippen molar-refractivity contribution < 1.29 is 29.3 Å². The molecule has 9 heteroatoms. The summed E-state index contributed by atoms with van der Waals surface area (Å²) in [5, 5.41) is 25.5. The first-order valence-corrected chi connectivity index (χ1v) is 13.1. The first-order chi connectivity index (χ1) is 18.3. The SMILES string of the molecule is C=CCN(C(=O)C(Cc1ccc(O)cc1)NC(=O)OC(C)(C)C)C(C(=O)NC(C)CCC)c1cccc(O)c1. The van der Waals surface area contributed by atoms with Crippen molar-refractivity contribution in [1.82, 2.24) is 15.5 Å². The molecular formula is C30H41N3O6. The molecule has 0 saturated carbocycles. The van der Waals surface area contributed by atoms with Gasteiger partial charge in [-0.05, 0) is 69.5 Å². The van der Waals surface area contributed by atoms with Crippen LogP contribution in [0, 0.1) is 0 Å². The number of phenolic OH excluding ortho intramolecular Hbond substituents is 2. The molecule has 0 aromatic heterocycles. The zero-order valence-electron chi connectivity index (χ0n) is 23.4. The van der Waals surface area contributed by atoms with Crippen LogP contribution < -0.4 is 10.6 Å². The third kappa shape index (κ3) is 10.00. The lowest BCUT2D eigenvalue weighted by Gasteiger charge is -2.34. The maximum Gasteiger partial charge on any atom is 0.408 e. The van der Waals surface area contributed by atoms with Gasteiger partial charge in [-0.25, -0.2) is 4.79 Å². The molecule has 39 heavy (non-hydrogen) atoms. The highest BCUT2D eigenvalue weighted by Crippen LogP contribution is 2.26. The zero-order chi connectivity index (χ0) is 29.2. The molecule has 3 amide bonds. The van der Waals surface area contributed by atoms with Crippen LogP contribution >= 0.6 is 0 Å². The van der Waals surface area contributed by atoms with Crippen molar-refractivity contribution >= 4 is 17.9 Å². The Morgan fingerprint density at radius 3 is 2.28 bits per heavy atom. The second kappa shape index (κ2) is 14.2. The van der Waals surface area contributed by atoms with Gasteiger partial charge < -0.3 is 30.5 Å². The molecule has 0 saturated heterocycles. The minimum atomic E-state index is -1.11. The Kier molecular flexibility index (Phi) is 11.4. The Bertz CT molecular complexity index is 1130. The van der Waals surface area contributed by atoms with Crippen molar-refractivity contribution in [2.75, 3.05) is 6.54 Å². The van der Waals surface area contributed by atoms with Crippen LogP contribution in [0.25, 0.3) is 0 Å². The summed E-state index contributed by atoms with van der Waals surface area (Å²) in [4.78, 5) is 41.9. The lowest BCUT2D eigenvalue weighted by Crippen LogP contribution is -2.54. The van der Waals surface area contributed by atoms with Crippen molar-refractivity contribution in [1.29, 1.82) is 0 Å². The monoisotopic (exact) mass is 539 g/mol. The van der Waals surface area contributed by atoms with E-state index >= 15 is 0 Å². The van der Waals surface area contributed by atoms with Crippen molar-refractivity contribution in [2.45, 2.75) is 77.6 Å². The Balaban J connectivity index is 2.53. The standard InChI is InChI=1S/C30H41N3O6/c1-7-10-20(3)31-27(36)26(22-11-9-12-24(35)19-22)33(17-8-2)28(37)25(32-29(38)39-30(4,5)6)18-21-13-15-23(34)16-14-21/h8-9,11-16,19-20,25-26,34-35H,2,7,10,17-18H2,1,3-6H3,(H,31,36)(H,32,38). The Morgan fingerprint density at radius 2 is 1.72 bits per heavy atom. The number of benzene rings is 2.